The predicted octanol–water partition coefficient (Wildman–Crippen LogP) is 1.44. The zero-order valence-corrected chi connectivity index (χ0v) is 14.2. The van der Waals surface area contributed by atoms with Gasteiger partial charge in [-0.1, -0.05) is 6.07 Å². The van der Waals surface area contributed by atoms with Crippen LogP contribution in [0, 0.1) is 17.1 Å². The van der Waals surface area contributed by atoms with Gasteiger partial charge in [-0.05, 0) is 24.6 Å². The Bertz CT molecular complexity index is 968. The molecule has 7 nitrogen and oxygen atoms in total. The molecule has 0 aliphatic carbocycles. The van der Waals surface area contributed by atoms with Crippen LogP contribution in [0.3, 0.4) is 0 Å². The number of anilines is 1. The first kappa shape index (κ1) is 16.5. The van der Waals surface area contributed by atoms with Crippen LogP contribution in [0.25, 0.3) is 0 Å². The van der Waals surface area contributed by atoms with Crippen LogP contribution in [0.5, 0.6) is 5.88 Å². The van der Waals surface area contributed by atoms with E-state index in [9.17, 15) is 9.18 Å². The maximum atomic E-state index is 13.4. The number of halogens is 1. The Kier molecular flexibility index (Phi) is 3.89. The number of morpholine rings is 1. The number of nitriles is 1. The monoisotopic (exact) mass is 356 g/mol. The molecule has 1 aromatic carbocycles. The molecule has 1 aromatic heterocycles. The van der Waals surface area contributed by atoms with E-state index in [1.165, 1.54) is 18.2 Å². The van der Waals surface area contributed by atoms with Crippen molar-refractivity contribution in [3.8, 4) is 11.9 Å². The van der Waals surface area contributed by atoms with Crippen LogP contribution in [0.1, 0.15) is 18.1 Å². The van der Waals surface area contributed by atoms with E-state index < -0.39 is 5.82 Å². The molecule has 1 saturated heterocycles. The fourth-order valence-electron chi connectivity index (χ4n) is 3.48. The van der Waals surface area contributed by atoms with Crippen LogP contribution in [0.2, 0.25) is 0 Å². The van der Waals surface area contributed by atoms with E-state index >= 15 is 0 Å². The van der Waals surface area contributed by atoms with E-state index in [0.29, 0.717) is 31.9 Å². The Labute approximate surface area is 149 Å². The number of hydrogen-bond donors (Lipinski definition) is 0. The molecule has 0 spiro atoms. The molecule has 0 unspecified atom stereocenters. The lowest BCUT2D eigenvalue weighted by molar-refractivity contribution is 0.0586. The van der Waals surface area contributed by atoms with Crippen molar-refractivity contribution in [3.63, 3.8) is 0 Å². The van der Waals surface area contributed by atoms with Crippen LogP contribution in [-0.2, 0) is 17.9 Å². The minimum Gasteiger partial charge on any atom is -0.473 e. The van der Waals surface area contributed by atoms with E-state index in [0.717, 1.165) is 5.82 Å². The largest absolute Gasteiger partial charge is 0.473 e. The minimum atomic E-state index is -0.572. The third-order valence-corrected chi connectivity index (χ3v) is 4.80. The average molecular weight is 356 g/mol. The summed E-state index contributed by atoms with van der Waals surface area (Å²) in [7, 11) is 0. The summed E-state index contributed by atoms with van der Waals surface area (Å²) in [6, 6.07) is 7.72. The standard InChI is InChI=1S/C18H17FN4O3/c1-18-10-22-16(23(18)4-5-25-11-18)7-15(21-17(22)24)26-9-12-2-3-14(19)13(6-12)8-20/h2-3,6-7H,4-5,9-11H2,1H3/t18-/m1/s1. The van der Waals surface area contributed by atoms with Crippen molar-refractivity contribution < 1.29 is 13.9 Å². The lowest BCUT2D eigenvalue weighted by Gasteiger charge is -2.39. The second kappa shape index (κ2) is 6.11. The molecule has 2 aliphatic rings. The van der Waals surface area contributed by atoms with Gasteiger partial charge in [0.05, 0.1) is 30.9 Å². The van der Waals surface area contributed by atoms with Crippen molar-refractivity contribution in [2.45, 2.75) is 25.6 Å². The molecular weight excluding hydrogens is 339 g/mol. The molecule has 2 aliphatic heterocycles. The summed E-state index contributed by atoms with van der Waals surface area (Å²) in [5, 5.41) is 8.90. The summed E-state index contributed by atoms with van der Waals surface area (Å²) in [5.74, 6) is 0.402. The van der Waals surface area contributed by atoms with Crippen LogP contribution < -0.4 is 15.3 Å². The van der Waals surface area contributed by atoms with Gasteiger partial charge in [-0.25, -0.2) is 9.18 Å². The van der Waals surface area contributed by atoms with Gasteiger partial charge in [-0.2, -0.15) is 10.2 Å². The number of fused-ring (bicyclic) bond motifs is 3. The Morgan fingerprint density at radius 1 is 1.46 bits per heavy atom. The molecule has 1 fully saturated rings. The highest BCUT2D eigenvalue weighted by Crippen LogP contribution is 2.35. The van der Waals surface area contributed by atoms with Crippen LogP contribution >= 0.6 is 0 Å². The molecular formula is C18H17FN4O3. The van der Waals surface area contributed by atoms with Gasteiger partial charge in [0.25, 0.3) is 0 Å². The van der Waals surface area contributed by atoms with Crippen LogP contribution in [0.4, 0.5) is 10.2 Å². The number of aromatic nitrogens is 2. The van der Waals surface area contributed by atoms with Crippen LogP contribution in [-0.4, -0.2) is 34.8 Å². The predicted molar refractivity (Wildman–Crippen MR) is 90.5 cm³/mol. The number of ether oxygens (including phenoxy) is 2. The van der Waals surface area contributed by atoms with Gasteiger partial charge >= 0.3 is 5.69 Å². The molecule has 0 N–H and O–H groups in total. The fourth-order valence-corrected chi connectivity index (χ4v) is 3.48. The highest BCUT2D eigenvalue weighted by molar-refractivity contribution is 5.50. The van der Waals surface area contributed by atoms with E-state index in [-0.39, 0.29) is 29.3 Å². The van der Waals surface area contributed by atoms with Crippen LogP contribution in [0.15, 0.2) is 29.1 Å². The van der Waals surface area contributed by atoms with Gasteiger partial charge in [0.2, 0.25) is 5.88 Å². The Morgan fingerprint density at radius 2 is 2.31 bits per heavy atom. The Balaban J connectivity index is 1.58. The summed E-state index contributed by atoms with van der Waals surface area (Å²) in [4.78, 5) is 18.5. The highest BCUT2D eigenvalue weighted by Gasteiger charge is 2.43. The summed E-state index contributed by atoms with van der Waals surface area (Å²) >= 11 is 0. The van der Waals surface area contributed by atoms with Gasteiger partial charge in [-0.3, -0.25) is 4.57 Å². The summed E-state index contributed by atoms with van der Waals surface area (Å²) < 4.78 is 26.2. The van der Waals surface area contributed by atoms with Crippen molar-refractivity contribution in [3.05, 3.63) is 51.7 Å². The zero-order chi connectivity index (χ0) is 18.3. The van der Waals surface area contributed by atoms with Gasteiger partial charge < -0.3 is 14.4 Å². The summed E-state index contributed by atoms with van der Waals surface area (Å²) in [6.45, 7) is 4.53. The minimum absolute atomic E-state index is 0.0443. The van der Waals surface area contributed by atoms with Crippen molar-refractivity contribution in [2.24, 2.45) is 0 Å². The van der Waals surface area contributed by atoms with Gasteiger partial charge in [0.15, 0.2) is 0 Å². The van der Waals surface area contributed by atoms with Gasteiger partial charge in [0.1, 0.15) is 24.3 Å². The Hall–Kier alpha value is -2.92. The molecule has 0 bridgehead atoms. The first-order valence-corrected chi connectivity index (χ1v) is 8.29. The third kappa shape index (κ3) is 2.70. The fraction of sp³-hybridized carbons (Fsp3) is 0.389. The lowest BCUT2D eigenvalue weighted by Crippen LogP contribution is -2.53. The van der Waals surface area contributed by atoms with Crippen molar-refractivity contribution in [1.82, 2.24) is 9.55 Å². The van der Waals surface area contributed by atoms with Gasteiger partial charge in [0, 0.05) is 12.6 Å². The lowest BCUT2D eigenvalue weighted by atomic mass is 10.0. The zero-order valence-electron chi connectivity index (χ0n) is 14.2. The molecule has 0 amide bonds. The molecule has 1 atom stereocenters. The second-order valence-corrected chi connectivity index (χ2v) is 6.74. The molecule has 0 saturated carbocycles. The number of rotatable bonds is 3. The first-order valence-electron chi connectivity index (χ1n) is 8.29. The molecule has 4 rings (SSSR count). The molecule has 26 heavy (non-hydrogen) atoms. The number of hydrogen-bond acceptors (Lipinski definition) is 6. The third-order valence-electron chi connectivity index (χ3n) is 4.80. The smallest absolute Gasteiger partial charge is 0.352 e. The molecule has 3 heterocycles. The van der Waals surface area contributed by atoms with Crippen molar-refractivity contribution in [1.29, 1.82) is 5.26 Å². The summed E-state index contributed by atoms with van der Waals surface area (Å²) in [6.07, 6.45) is 0. The van der Waals surface area contributed by atoms with E-state index in [1.807, 2.05) is 0 Å². The number of nitrogens with zero attached hydrogens (tertiary/aromatic N) is 4. The molecule has 8 heteroatoms. The topological polar surface area (TPSA) is 80.4 Å². The second-order valence-electron chi connectivity index (χ2n) is 6.74. The maximum Gasteiger partial charge on any atom is 0.352 e. The molecule has 2 aromatic rings. The highest BCUT2D eigenvalue weighted by atomic mass is 19.1. The normalized spacial score (nSPS) is 21.0. The quantitative estimate of drug-likeness (QED) is 0.828. The first-order chi connectivity index (χ1) is 12.5. The maximum absolute atomic E-state index is 13.4. The summed E-state index contributed by atoms with van der Waals surface area (Å²) in [5.41, 5.74) is -0.0488. The van der Waals surface area contributed by atoms with Crippen molar-refractivity contribution >= 4 is 5.82 Å². The SMILES string of the molecule is C[C@@]12COCCN1c1cc(OCc3ccc(F)c(C#N)c3)nc(=O)n1C2. The van der Waals surface area contributed by atoms with E-state index in [1.54, 1.807) is 16.7 Å². The molecule has 0 radical (unpaired) electrons. The van der Waals surface area contributed by atoms with Crippen molar-refractivity contribution in [2.75, 3.05) is 24.7 Å². The molecule has 134 valence electrons. The number of benzene rings is 1. The van der Waals surface area contributed by atoms with E-state index in [2.05, 4.69) is 16.8 Å². The average Bonchev–Trinajstić information content (AvgIpc) is 2.94. The van der Waals surface area contributed by atoms with Gasteiger partial charge in [-0.15, -0.1) is 0 Å². The van der Waals surface area contributed by atoms with E-state index in [4.69, 9.17) is 14.7 Å². The Morgan fingerprint density at radius 3 is 3.12 bits per heavy atom.